The Morgan fingerprint density at radius 3 is 3.06 bits per heavy atom. The Labute approximate surface area is 93.4 Å². The minimum atomic E-state index is -1.01. The van der Waals surface area contributed by atoms with E-state index in [4.69, 9.17) is 10.8 Å². The molecule has 0 aromatic heterocycles. The quantitative estimate of drug-likeness (QED) is 0.461. The van der Waals surface area contributed by atoms with Crippen LogP contribution >= 0.6 is 0 Å². The predicted octanol–water partition coefficient (Wildman–Crippen LogP) is -1.57. The lowest BCUT2D eigenvalue weighted by Gasteiger charge is -2.10. The highest BCUT2D eigenvalue weighted by molar-refractivity contribution is 6.65. The molecule has 84 valence electrons. The Bertz CT molecular complexity index is 425. The largest absolute Gasteiger partial charge is 0.480 e. The van der Waals surface area contributed by atoms with Gasteiger partial charge in [0, 0.05) is 6.54 Å². The van der Waals surface area contributed by atoms with E-state index in [1.807, 2.05) is 12.1 Å². The molecule has 0 bridgehead atoms. The van der Waals surface area contributed by atoms with Crippen LogP contribution in [-0.2, 0) is 17.8 Å². The number of rotatable bonds is 3. The summed E-state index contributed by atoms with van der Waals surface area (Å²) in [6.07, 6.45) is 0.285. The second kappa shape index (κ2) is 4.25. The van der Waals surface area contributed by atoms with Gasteiger partial charge in [0.2, 0.25) is 0 Å². The van der Waals surface area contributed by atoms with Crippen LogP contribution in [0.2, 0.25) is 0 Å². The molecule has 6 heteroatoms. The standard InChI is InChI=1S/C10H13BN2O3/c12-9(10(14)15)4-6-2-1-3-8-7(6)5-13-11(8)16/h1-3,9,13,16H,4-5,12H2,(H,14,15)/t9-/m0/s1. The van der Waals surface area contributed by atoms with Crippen LogP contribution in [0.15, 0.2) is 18.2 Å². The second-order valence-electron chi connectivity index (χ2n) is 3.92. The first kappa shape index (κ1) is 11.1. The van der Waals surface area contributed by atoms with Crippen LogP contribution in [-0.4, -0.2) is 29.2 Å². The topological polar surface area (TPSA) is 95.6 Å². The Morgan fingerprint density at radius 1 is 1.62 bits per heavy atom. The van der Waals surface area contributed by atoms with Gasteiger partial charge in [0.1, 0.15) is 6.04 Å². The number of aliphatic carboxylic acids is 1. The molecule has 16 heavy (non-hydrogen) atoms. The minimum Gasteiger partial charge on any atom is -0.480 e. The van der Waals surface area contributed by atoms with Gasteiger partial charge in [-0.05, 0) is 23.0 Å². The molecule has 0 amide bonds. The normalized spacial score (nSPS) is 16.0. The van der Waals surface area contributed by atoms with Crippen LogP contribution in [0.3, 0.4) is 0 Å². The maximum absolute atomic E-state index is 10.7. The van der Waals surface area contributed by atoms with Crippen LogP contribution in [0.25, 0.3) is 0 Å². The summed E-state index contributed by atoms with van der Waals surface area (Å²) in [5.74, 6) is -1.01. The molecule has 1 aliphatic heterocycles. The highest BCUT2D eigenvalue weighted by atomic mass is 16.4. The lowest BCUT2D eigenvalue weighted by atomic mass is 9.75. The molecule has 0 saturated heterocycles. The van der Waals surface area contributed by atoms with Gasteiger partial charge in [0.05, 0.1) is 0 Å². The third-order valence-corrected chi connectivity index (χ3v) is 2.83. The first-order chi connectivity index (χ1) is 7.59. The number of carboxylic acids is 1. The van der Waals surface area contributed by atoms with Crippen LogP contribution in [0, 0.1) is 0 Å². The van der Waals surface area contributed by atoms with E-state index in [0.29, 0.717) is 6.54 Å². The van der Waals surface area contributed by atoms with E-state index in [2.05, 4.69) is 5.23 Å². The summed E-state index contributed by atoms with van der Waals surface area (Å²) >= 11 is 0. The van der Waals surface area contributed by atoms with E-state index >= 15 is 0 Å². The first-order valence-corrected chi connectivity index (χ1v) is 5.10. The van der Waals surface area contributed by atoms with E-state index < -0.39 is 19.1 Å². The zero-order chi connectivity index (χ0) is 11.7. The van der Waals surface area contributed by atoms with Crippen LogP contribution in [0.5, 0.6) is 0 Å². The molecule has 5 nitrogen and oxygen atoms in total. The van der Waals surface area contributed by atoms with E-state index in [1.54, 1.807) is 6.07 Å². The lowest BCUT2D eigenvalue weighted by Crippen LogP contribution is -2.37. The predicted molar refractivity (Wildman–Crippen MR) is 60.2 cm³/mol. The summed E-state index contributed by atoms with van der Waals surface area (Å²) in [4.78, 5) is 10.7. The highest BCUT2D eigenvalue weighted by Gasteiger charge is 2.27. The van der Waals surface area contributed by atoms with Gasteiger partial charge < -0.3 is 21.1 Å². The molecule has 0 aliphatic carbocycles. The third kappa shape index (κ3) is 1.95. The number of carbonyl (C=O) groups is 1. The Kier molecular flexibility index (Phi) is 2.96. The summed E-state index contributed by atoms with van der Waals surface area (Å²) in [6, 6.07) is 4.58. The molecule has 5 N–H and O–H groups in total. The van der Waals surface area contributed by atoms with Gasteiger partial charge in [0.15, 0.2) is 0 Å². The zero-order valence-corrected chi connectivity index (χ0v) is 8.68. The van der Waals surface area contributed by atoms with Crippen molar-refractivity contribution in [3.8, 4) is 0 Å². The first-order valence-electron chi connectivity index (χ1n) is 5.10. The molecule has 1 aromatic rings. The highest BCUT2D eigenvalue weighted by Crippen LogP contribution is 2.13. The number of hydrogen-bond donors (Lipinski definition) is 4. The van der Waals surface area contributed by atoms with Crippen molar-refractivity contribution in [2.45, 2.75) is 19.0 Å². The van der Waals surface area contributed by atoms with Crippen molar-refractivity contribution in [2.75, 3.05) is 0 Å². The minimum absolute atomic E-state index is 0.285. The van der Waals surface area contributed by atoms with Crippen molar-refractivity contribution in [1.82, 2.24) is 5.23 Å². The second-order valence-corrected chi connectivity index (χ2v) is 3.92. The molecule has 0 saturated carbocycles. The monoisotopic (exact) mass is 220 g/mol. The van der Waals surface area contributed by atoms with Crippen molar-refractivity contribution in [1.29, 1.82) is 0 Å². The number of benzene rings is 1. The Balaban J connectivity index is 2.26. The fraction of sp³-hybridized carbons (Fsp3) is 0.300. The molecule has 1 aliphatic rings. The van der Waals surface area contributed by atoms with Crippen LogP contribution in [0.1, 0.15) is 11.1 Å². The Hall–Kier alpha value is -1.37. The van der Waals surface area contributed by atoms with Gasteiger partial charge in [-0.15, -0.1) is 0 Å². The number of nitrogens with one attached hydrogen (secondary N) is 1. The van der Waals surface area contributed by atoms with Crippen LogP contribution < -0.4 is 16.4 Å². The van der Waals surface area contributed by atoms with E-state index in [9.17, 15) is 9.82 Å². The molecule has 2 rings (SSSR count). The number of hydrogen-bond acceptors (Lipinski definition) is 4. The van der Waals surface area contributed by atoms with Gasteiger partial charge in [-0.1, -0.05) is 18.2 Å². The van der Waals surface area contributed by atoms with Crippen molar-refractivity contribution in [3.05, 3.63) is 29.3 Å². The fourth-order valence-electron chi connectivity index (χ4n) is 1.95. The van der Waals surface area contributed by atoms with Crippen molar-refractivity contribution in [3.63, 3.8) is 0 Å². The van der Waals surface area contributed by atoms with E-state index in [0.717, 1.165) is 16.6 Å². The van der Waals surface area contributed by atoms with Gasteiger partial charge in [-0.25, -0.2) is 0 Å². The lowest BCUT2D eigenvalue weighted by molar-refractivity contribution is -0.138. The maximum Gasteiger partial charge on any atom is 0.413 e. The fourth-order valence-corrected chi connectivity index (χ4v) is 1.95. The SMILES string of the molecule is N[C@@H](Cc1cccc2c1CNB2O)C(=O)O. The number of nitrogens with two attached hydrogens (primary N) is 1. The molecular formula is C10H13BN2O3. The van der Waals surface area contributed by atoms with Crippen molar-refractivity contribution < 1.29 is 14.9 Å². The molecule has 1 heterocycles. The van der Waals surface area contributed by atoms with Gasteiger partial charge >= 0.3 is 13.0 Å². The van der Waals surface area contributed by atoms with Crippen molar-refractivity contribution in [2.24, 2.45) is 5.73 Å². The van der Waals surface area contributed by atoms with E-state index in [1.165, 1.54) is 0 Å². The molecule has 0 unspecified atom stereocenters. The summed E-state index contributed by atoms with van der Waals surface area (Å²) in [7, 11) is -0.656. The Morgan fingerprint density at radius 2 is 2.38 bits per heavy atom. The molecule has 0 fully saturated rings. The van der Waals surface area contributed by atoms with Gasteiger partial charge in [0.25, 0.3) is 0 Å². The average molecular weight is 220 g/mol. The molecule has 1 atom stereocenters. The van der Waals surface area contributed by atoms with Gasteiger partial charge in [-0.3, -0.25) is 4.79 Å². The molecule has 1 aromatic carbocycles. The zero-order valence-electron chi connectivity index (χ0n) is 8.68. The average Bonchev–Trinajstić information content (AvgIpc) is 2.62. The summed E-state index contributed by atoms with van der Waals surface area (Å²) < 4.78 is 0. The summed E-state index contributed by atoms with van der Waals surface area (Å²) in [5.41, 5.74) is 8.16. The molecule has 0 radical (unpaired) electrons. The van der Waals surface area contributed by atoms with Crippen LogP contribution in [0.4, 0.5) is 0 Å². The molecular weight excluding hydrogens is 207 g/mol. The maximum atomic E-state index is 10.7. The molecule has 0 spiro atoms. The number of carboxylic acid groups (broad SMARTS) is 1. The summed E-state index contributed by atoms with van der Waals surface area (Å²) in [6.45, 7) is 0.555. The van der Waals surface area contributed by atoms with Crippen molar-refractivity contribution >= 4 is 18.5 Å². The van der Waals surface area contributed by atoms with Gasteiger partial charge in [-0.2, -0.15) is 0 Å². The third-order valence-electron chi connectivity index (χ3n) is 2.83. The summed E-state index contributed by atoms with van der Waals surface area (Å²) in [5, 5.41) is 21.2. The van der Waals surface area contributed by atoms with E-state index in [-0.39, 0.29) is 6.42 Å². The number of fused-ring (bicyclic) bond motifs is 1. The smallest absolute Gasteiger partial charge is 0.413 e.